The molecule has 0 N–H and O–H groups in total. The van der Waals surface area contributed by atoms with E-state index in [1.807, 2.05) is 173 Å². The molecule has 8 nitrogen and oxygen atoms in total. The Bertz CT molecular complexity index is 2660. The van der Waals surface area contributed by atoms with Gasteiger partial charge in [-0.1, -0.05) is 102 Å². The molecule has 1 aliphatic heterocycles. The molecule has 0 saturated carbocycles. The van der Waals surface area contributed by atoms with E-state index in [2.05, 4.69) is 4.57 Å². The smallest absolute Gasteiger partial charge is 0.263 e. The fourth-order valence-electron chi connectivity index (χ4n) is 7.65. The quantitative estimate of drug-likeness (QED) is 0.103. The first-order valence-electron chi connectivity index (χ1n) is 20.2. The fourth-order valence-corrected chi connectivity index (χ4v) is 8.13. The second-order valence-corrected chi connectivity index (χ2v) is 14.5. The van der Waals surface area contributed by atoms with Crippen LogP contribution in [0.5, 0.6) is 23.0 Å². The van der Waals surface area contributed by atoms with E-state index in [-0.39, 0.29) is 0 Å². The molecule has 0 radical (unpaired) electrons. The first-order valence-corrected chi connectivity index (χ1v) is 20.9. The molecular formula is C50H44Cl2N4O4. The molecule has 10 heteroatoms. The van der Waals surface area contributed by atoms with Gasteiger partial charge < -0.3 is 18.9 Å². The van der Waals surface area contributed by atoms with Crippen molar-refractivity contribution in [2.24, 2.45) is 9.98 Å². The molecule has 302 valence electrons. The van der Waals surface area contributed by atoms with Gasteiger partial charge in [0.15, 0.2) is 0 Å². The molecule has 0 amide bonds. The maximum atomic E-state index is 7.40. The molecule has 0 aliphatic carbocycles. The highest BCUT2D eigenvalue weighted by molar-refractivity contribution is 6.55. The molecule has 1 aromatic heterocycles. The van der Waals surface area contributed by atoms with Gasteiger partial charge in [0.25, 0.3) is 5.79 Å². The lowest BCUT2D eigenvalue weighted by molar-refractivity contribution is 0.339. The third kappa shape index (κ3) is 7.42. The summed E-state index contributed by atoms with van der Waals surface area (Å²) < 4.78 is 27.4. The largest absolute Gasteiger partial charge is 0.493 e. The summed E-state index contributed by atoms with van der Waals surface area (Å²) >= 11 is 14.6. The van der Waals surface area contributed by atoms with Gasteiger partial charge in [-0.25, -0.2) is 15.0 Å². The highest BCUT2D eigenvalue weighted by Crippen LogP contribution is 2.51. The van der Waals surface area contributed by atoms with Gasteiger partial charge in [-0.15, -0.1) is 0 Å². The number of aliphatic imine (C=N–C) groups is 2. The van der Waals surface area contributed by atoms with Crippen LogP contribution in [0.25, 0.3) is 33.9 Å². The minimum absolute atomic E-state index is 0.427. The Morgan fingerprint density at radius 3 is 1.32 bits per heavy atom. The Morgan fingerprint density at radius 2 is 0.833 bits per heavy atom. The number of ether oxygens (including phenoxy) is 4. The van der Waals surface area contributed by atoms with Crippen LogP contribution in [0.2, 0.25) is 10.0 Å². The van der Waals surface area contributed by atoms with Gasteiger partial charge in [0.1, 0.15) is 34.5 Å². The van der Waals surface area contributed by atoms with Crippen LogP contribution in [0.3, 0.4) is 0 Å². The van der Waals surface area contributed by atoms with Crippen LogP contribution in [0.15, 0.2) is 156 Å². The molecule has 0 saturated heterocycles. The van der Waals surface area contributed by atoms with Crippen molar-refractivity contribution in [3.8, 4) is 56.9 Å². The highest BCUT2D eigenvalue weighted by Gasteiger charge is 2.47. The maximum absolute atomic E-state index is 7.40. The third-order valence-corrected chi connectivity index (χ3v) is 10.7. The standard InChI is InChI=1S/C50H44Cl2N4O4/c1-5-57-41-29-17-10-22-34(41)45-46(35-23-11-18-30-42(35)58-6-2)55-50(54-45,38-26-14-16-28-40(38)52)56-48(37-25-13-20-32-44(37)60-8-4)47(36-24-12-19-31-43(36)59-7-3)53-49(56)33-21-9-15-27-39(33)51/h9-32H,5-8H2,1-4H3. The van der Waals surface area contributed by atoms with Gasteiger partial charge in [0, 0.05) is 33.4 Å². The van der Waals surface area contributed by atoms with E-state index in [4.69, 9.17) is 57.1 Å². The monoisotopic (exact) mass is 834 g/mol. The van der Waals surface area contributed by atoms with Crippen LogP contribution >= 0.6 is 23.2 Å². The first-order chi connectivity index (χ1) is 29.4. The maximum Gasteiger partial charge on any atom is 0.263 e. The lowest BCUT2D eigenvalue weighted by atomic mass is 9.98. The molecule has 0 bridgehead atoms. The summed E-state index contributed by atoms with van der Waals surface area (Å²) in [4.78, 5) is 17.3. The molecular weight excluding hydrogens is 791 g/mol. The Balaban J connectivity index is 1.63. The summed E-state index contributed by atoms with van der Waals surface area (Å²) in [7, 11) is 0. The molecule has 0 fully saturated rings. The van der Waals surface area contributed by atoms with Crippen molar-refractivity contribution >= 4 is 34.6 Å². The van der Waals surface area contributed by atoms with Crippen LogP contribution in [-0.4, -0.2) is 47.4 Å². The van der Waals surface area contributed by atoms with Crippen LogP contribution in [-0.2, 0) is 5.79 Å². The number of benzene rings is 6. The molecule has 2 heterocycles. The predicted octanol–water partition coefficient (Wildman–Crippen LogP) is 12.4. The zero-order valence-corrected chi connectivity index (χ0v) is 35.4. The van der Waals surface area contributed by atoms with E-state index in [0.29, 0.717) is 99.2 Å². The van der Waals surface area contributed by atoms with Gasteiger partial charge in [-0.05, 0) is 94.4 Å². The average molecular weight is 836 g/mol. The Labute approximate surface area is 360 Å². The number of halogens is 2. The normalized spacial score (nSPS) is 13.1. The Kier molecular flexibility index (Phi) is 12.0. The minimum Gasteiger partial charge on any atom is -0.493 e. The van der Waals surface area contributed by atoms with Crippen LogP contribution < -0.4 is 18.9 Å². The molecule has 0 atom stereocenters. The molecule has 7 aromatic rings. The van der Waals surface area contributed by atoms with Crippen molar-refractivity contribution in [2.75, 3.05) is 26.4 Å². The number of nitrogens with zero attached hydrogens (tertiary/aromatic N) is 4. The third-order valence-electron chi connectivity index (χ3n) is 10.1. The van der Waals surface area contributed by atoms with Crippen molar-refractivity contribution in [1.82, 2.24) is 9.55 Å². The SMILES string of the molecule is CCOc1ccccc1C1=NC(c2ccccc2Cl)(n2c(-c3ccccc3Cl)nc(-c3ccccc3OCC)c2-c2ccccc2OCC)N=C1c1ccccc1OCC. The number of imidazole rings is 1. The number of hydrogen-bond donors (Lipinski definition) is 0. The molecule has 6 aromatic carbocycles. The van der Waals surface area contributed by atoms with E-state index < -0.39 is 5.79 Å². The van der Waals surface area contributed by atoms with Crippen molar-refractivity contribution in [3.05, 3.63) is 172 Å². The van der Waals surface area contributed by atoms with Gasteiger partial charge in [-0.2, -0.15) is 0 Å². The second-order valence-electron chi connectivity index (χ2n) is 13.7. The summed E-state index contributed by atoms with van der Waals surface area (Å²) in [5.41, 5.74) is 6.68. The second kappa shape index (κ2) is 17.9. The first kappa shape index (κ1) is 40.4. The lowest BCUT2D eigenvalue weighted by Gasteiger charge is -2.31. The van der Waals surface area contributed by atoms with Gasteiger partial charge in [0.2, 0.25) is 0 Å². The number of para-hydroxylation sites is 4. The van der Waals surface area contributed by atoms with E-state index in [9.17, 15) is 0 Å². The van der Waals surface area contributed by atoms with Crippen molar-refractivity contribution in [3.63, 3.8) is 0 Å². The van der Waals surface area contributed by atoms with Crippen molar-refractivity contribution in [2.45, 2.75) is 33.5 Å². The molecule has 60 heavy (non-hydrogen) atoms. The van der Waals surface area contributed by atoms with E-state index >= 15 is 0 Å². The summed E-state index contributed by atoms with van der Waals surface area (Å²) in [6, 6.07) is 46.9. The van der Waals surface area contributed by atoms with Gasteiger partial charge in [-0.3, -0.25) is 4.57 Å². The van der Waals surface area contributed by atoms with E-state index in [1.165, 1.54) is 0 Å². The lowest BCUT2D eigenvalue weighted by Crippen LogP contribution is -2.32. The minimum atomic E-state index is -1.66. The van der Waals surface area contributed by atoms with E-state index in [1.54, 1.807) is 0 Å². The van der Waals surface area contributed by atoms with Crippen molar-refractivity contribution in [1.29, 1.82) is 0 Å². The number of rotatable bonds is 15. The van der Waals surface area contributed by atoms with Crippen molar-refractivity contribution < 1.29 is 18.9 Å². The van der Waals surface area contributed by atoms with Crippen LogP contribution in [0, 0.1) is 0 Å². The highest BCUT2D eigenvalue weighted by atomic mass is 35.5. The summed E-state index contributed by atoms with van der Waals surface area (Å²) in [6.07, 6.45) is 0. The fraction of sp³-hybridized carbons (Fsp3) is 0.180. The van der Waals surface area contributed by atoms with E-state index in [0.717, 1.165) is 22.3 Å². The molecule has 1 aliphatic rings. The molecule has 0 unspecified atom stereocenters. The number of hydrogen-bond acceptors (Lipinski definition) is 7. The van der Waals surface area contributed by atoms with Crippen LogP contribution in [0.1, 0.15) is 44.4 Å². The average Bonchev–Trinajstić information content (AvgIpc) is 3.86. The zero-order chi connectivity index (χ0) is 41.6. The Hall–Kier alpha value is -6.35. The number of aromatic nitrogens is 2. The van der Waals surface area contributed by atoms with Gasteiger partial charge >= 0.3 is 0 Å². The topological polar surface area (TPSA) is 79.5 Å². The molecule has 0 spiro atoms. The summed E-state index contributed by atoms with van der Waals surface area (Å²) in [6.45, 7) is 9.63. The van der Waals surface area contributed by atoms with Gasteiger partial charge in [0.05, 0.1) is 53.6 Å². The zero-order valence-electron chi connectivity index (χ0n) is 33.9. The summed E-state index contributed by atoms with van der Waals surface area (Å²) in [5, 5.41) is 0.933. The molecule has 8 rings (SSSR count). The van der Waals surface area contributed by atoms with Crippen LogP contribution in [0.4, 0.5) is 0 Å². The Morgan fingerprint density at radius 1 is 0.450 bits per heavy atom. The predicted molar refractivity (Wildman–Crippen MR) is 243 cm³/mol. The summed E-state index contributed by atoms with van der Waals surface area (Å²) in [5.74, 6) is 1.45.